The van der Waals surface area contributed by atoms with Gasteiger partial charge in [0, 0.05) is 33.3 Å². The Labute approximate surface area is 331 Å². The van der Waals surface area contributed by atoms with Gasteiger partial charge >= 0.3 is 0 Å². The van der Waals surface area contributed by atoms with Crippen molar-refractivity contribution in [3.63, 3.8) is 0 Å². The minimum Gasteiger partial charge on any atom is -0.455 e. The van der Waals surface area contributed by atoms with E-state index in [4.69, 9.17) is 8.83 Å². The molecule has 3 heteroatoms. The molecule has 0 saturated carbocycles. The third-order valence-corrected chi connectivity index (χ3v) is 11.5. The van der Waals surface area contributed by atoms with Crippen molar-refractivity contribution in [2.75, 3.05) is 4.90 Å². The van der Waals surface area contributed by atoms with Gasteiger partial charge in [0.1, 0.15) is 16.7 Å². The third-order valence-electron chi connectivity index (χ3n) is 11.5. The van der Waals surface area contributed by atoms with Crippen molar-refractivity contribution in [1.82, 2.24) is 0 Å². The number of benzene rings is 8. The maximum absolute atomic E-state index is 6.76. The van der Waals surface area contributed by atoms with Crippen LogP contribution in [-0.4, -0.2) is 0 Å². The number of furan rings is 2. The summed E-state index contributed by atoms with van der Waals surface area (Å²) in [7, 11) is 0. The van der Waals surface area contributed by atoms with Gasteiger partial charge in [-0.1, -0.05) is 164 Å². The first kappa shape index (κ1) is 33.0. The van der Waals surface area contributed by atoms with Crippen LogP contribution in [0.4, 0.5) is 17.1 Å². The molecule has 1 aliphatic carbocycles. The Morgan fingerprint density at radius 1 is 0.439 bits per heavy atom. The van der Waals surface area contributed by atoms with E-state index in [0.29, 0.717) is 5.92 Å². The first-order valence-electron chi connectivity index (χ1n) is 19.6. The van der Waals surface area contributed by atoms with Crippen molar-refractivity contribution in [3.8, 4) is 22.3 Å². The summed E-state index contributed by atoms with van der Waals surface area (Å²) in [6, 6.07) is 66.8. The van der Waals surface area contributed by atoms with E-state index in [-0.39, 0.29) is 0 Å². The highest BCUT2D eigenvalue weighted by Gasteiger charge is 2.26. The van der Waals surface area contributed by atoms with Crippen molar-refractivity contribution in [1.29, 1.82) is 0 Å². The minimum absolute atomic E-state index is 0.294. The number of rotatable bonds is 7. The first-order chi connectivity index (χ1) is 28.3. The van der Waals surface area contributed by atoms with Gasteiger partial charge in [0.2, 0.25) is 0 Å². The summed E-state index contributed by atoms with van der Waals surface area (Å²) in [5.74, 6) is 0.294. The van der Waals surface area contributed by atoms with Gasteiger partial charge in [0.25, 0.3) is 0 Å². The molecule has 0 spiro atoms. The number of fused-ring (bicyclic) bond motifs is 6. The highest BCUT2D eigenvalue weighted by Crippen LogP contribution is 2.49. The number of hydrogen-bond donors (Lipinski definition) is 0. The smallest absolute Gasteiger partial charge is 0.159 e. The van der Waals surface area contributed by atoms with Crippen molar-refractivity contribution < 1.29 is 8.83 Å². The molecule has 1 aliphatic rings. The molecule has 1 unspecified atom stereocenters. The summed E-state index contributed by atoms with van der Waals surface area (Å²) in [6.45, 7) is 0. The Bertz CT molecular complexity index is 3150. The summed E-state index contributed by atoms with van der Waals surface area (Å²) >= 11 is 0. The molecule has 11 rings (SSSR count). The van der Waals surface area contributed by atoms with Gasteiger partial charge < -0.3 is 13.7 Å². The van der Waals surface area contributed by atoms with Crippen LogP contribution in [0.3, 0.4) is 0 Å². The molecule has 10 aromatic rings. The summed E-state index contributed by atoms with van der Waals surface area (Å²) in [5.41, 5.74) is 14.9. The molecule has 0 amide bonds. The van der Waals surface area contributed by atoms with E-state index in [0.717, 1.165) is 84.1 Å². The molecular weight excluding hydrogens is 695 g/mol. The predicted octanol–water partition coefficient (Wildman–Crippen LogP) is 15.4. The zero-order chi connectivity index (χ0) is 37.7. The molecule has 3 nitrogen and oxygen atoms in total. The van der Waals surface area contributed by atoms with Crippen LogP contribution in [0.2, 0.25) is 0 Å². The van der Waals surface area contributed by atoms with Crippen LogP contribution in [0.1, 0.15) is 23.5 Å². The second-order valence-corrected chi connectivity index (χ2v) is 14.7. The summed E-state index contributed by atoms with van der Waals surface area (Å²) in [6.07, 6.45) is 7.76. The third kappa shape index (κ3) is 5.58. The SMILES string of the molecule is C1=CCC(c2ccccc2)C(c2ccccc2-c2ccc(N(c3cccc4c3oc3ccccc34)c3ccc(-c4ccccc4)c4oc5ccccc5c34)cc2)=C1. The fourth-order valence-electron chi connectivity index (χ4n) is 8.84. The fraction of sp³-hybridized carbons (Fsp3) is 0.0370. The van der Waals surface area contributed by atoms with Gasteiger partial charge in [-0.05, 0) is 82.3 Å². The van der Waals surface area contributed by atoms with Crippen LogP contribution in [-0.2, 0) is 0 Å². The number of nitrogens with zero attached hydrogens (tertiary/aromatic N) is 1. The van der Waals surface area contributed by atoms with Gasteiger partial charge in [-0.25, -0.2) is 0 Å². The Balaban J connectivity index is 1.11. The topological polar surface area (TPSA) is 29.5 Å². The van der Waals surface area contributed by atoms with Crippen molar-refractivity contribution in [2.24, 2.45) is 0 Å². The molecule has 2 aromatic heterocycles. The maximum Gasteiger partial charge on any atom is 0.159 e. The quantitative estimate of drug-likeness (QED) is 0.163. The lowest BCUT2D eigenvalue weighted by molar-refractivity contribution is 0.668. The second kappa shape index (κ2) is 13.7. The molecule has 0 radical (unpaired) electrons. The Morgan fingerprint density at radius 2 is 1.07 bits per heavy atom. The monoisotopic (exact) mass is 731 g/mol. The standard InChI is InChI=1S/C54H37NO2/c1-3-16-36(17-4-1)40-20-7-9-22-43(40)44-23-10-8-21-41(44)38-30-32-39(33-31-38)55(49-27-15-26-46-45-24-11-13-28-50(45)56-53(46)49)48-35-34-42(37-18-5-2-6-19-37)54-52(48)47-25-12-14-29-51(47)57-54/h1-19,21-35,40H,20H2. The zero-order valence-corrected chi connectivity index (χ0v) is 31.2. The van der Waals surface area contributed by atoms with Crippen LogP contribution in [0.25, 0.3) is 71.7 Å². The van der Waals surface area contributed by atoms with Gasteiger partial charge in [0.15, 0.2) is 5.58 Å². The number of para-hydroxylation sites is 3. The molecule has 0 saturated heterocycles. The number of hydrogen-bond acceptors (Lipinski definition) is 3. The van der Waals surface area contributed by atoms with E-state index in [2.05, 4.69) is 193 Å². The Kier molecular flexibility index (Phi) is 7.96. The van der Waals surface area contributed by atoms with Gasteiger partial charge in [-0.3, -0.25) is 0 Å². The van der Waals surface area contributed by atoms with Crippen molar-refractivity contribution >= 4 is 66.5 Å². The Morgan fingerprint density at radius 3 is 1.88 bits per heavy atom. The lowest BCUT2D eigenvalue weighted by atomic mass is 9.79. The van der Waals surface area contributed by atoms with Gasteiger partial charge in [-0.2, -0.15) is 0 Å². The largest absolute Gasteiger partial charge is 0.455 e. The lowest BCUT2D eigenvalue weighted by Gasteiger charge is -2.27. The minimum atomic E-state index is 0.294. The van der Waals surface area contributed by atoms with E-state index in [1.807, 2.05) is 18.2 Å². The highest BCUT2D eigenvalue weighted by molar-refractivity contribution is 6.18. The molecule has 8 aromatic carbocycles. The molecule has 2 heterocycles. The summed E-state index contributed by atoms with van der Waals surface area (Å²) in [4.78, 5) is 2.35. The second-order valence-electron chi connectivity index (χ2n) is 14.7. The summed E-state index contributed by atoms with van der Waals surface area (Å²) < 4.78 is 13.5. The van der Waals surface area contributed by atoms with Crippen LogP contribution in [0.15, 0.2) is 215 Å². The molecule has 270 valence electrons. The normalized spacial score (nSPS) is 14.1. The fourth-order valence-corrected chi connectivity index (χ4v) is 8.84. The van der Waals surface area contributed by atoms with E-state index >= 15 is 0 Å². The lowest BCUT2D eigenvalue weighted by Crippen LogP contribution is -2.11. The van der Waals surface area contributed by atoms with E-state index in [9.17, 15) is 0 Å². The molecule has 57 heavy (non-hydrogen) atoms. The van der Waals surface area contributed by atoms with Crippen LogP contribution in [0.5, 0.6) is 0 Å². The Hall–Kier alpha value is -7.36. The van der Waals surface area contributed by atoms with Gasteiger partial charge in [0.05, 0.1) is 16.8 Å². The van der Waals surface area contributed by atoms with Gasteiger partial charge in [-0.15, -0.1) is 0 Å². The van der Waals surface area contributed by atoms with Crippen LogP contribution >= 0.6 is 0 Å². The molecule has 0 fully saturated rings. The van der Waals surface area contributed by atoms with E-state index in [1.54, 1.807) is 0 Å². The average Bonchev–Trinajstić information content (AvgIpc) is 3.87. The summed E-state index contributed by atoms with van der Waals surface area (Å²) in [5, 5.41) is 4.30. The van der Waals surface area contributed by atoms with E-state index in [1.165, 1.54) is 22.3 Å². The van der Waals surface area contributed by atoms with Crippen LogP contribution < -0.4 is 4.90 Å². The molecule has 0 bridgehead atoms. The highest BCUT2D eigenvalue weighted by atomic mass is 16.3. The molecule has 0 aliphatic heterocycles. The van der Waals surface area contributed by atoms with Crippen molar-refractivity contribution in [3.05, 3.63) is 217 Å². The molecular formula is C54H37NO2. The van der Waals surface area contributed by atoms with Crippen LogP contribution in [0, 0.1) is 0 Å². The van der Waals surface area contributed by atoms with Crippen molar-refractivity contribution in [2.45, 2.75) is 12.3 Å². The van der Waals surface area contributed by atoms with E-state index < -0.39 is 0 Å². The zero-order valence-electron chi connectivity index (χ0n) is 31.2. The molecule has 0 N–H and O–H groups in total. The number of anilines is 3. The molecule has 1 atom stereocenters. The maximum atomic E-state index is 6.76. The predicted molar refractivity (Wildman–Crippen MR) is 237 cm³/mol. The average molecular weight is 732 g/mol. The number of allylic oxidation sites excluding steroid dienone is 4. The first-order valence-corrected chi connectivity index (χ1v) is 19.6.